The molecule has 1 aliphatic heterocycles. The number of benzene rings is 2. The number of nitrogens with zero attached hydrogens (tertiary/aromatic N) is 1. The second kappa shape index (κ2) is 9.25. The van der Waals surface area contributed by atoms with Crippen LogP contribution in [0.5, 0.6) is 5.75 Å². The zero-order valence-corrected chi connectivity index (χ0v) is 18.0. The second-order valence-corrected chi connectivity index (χ2v) is 10.8. The molecular formula is C20H26N2O5S2. The van der Waals surface area contributed by atoms with Crippen molar-refractivity contribution in [1.82, 2.24) is 9.03 Å². The Morgan fingerprint density at radius 1 is 1.00 bits per heavy atom. The Hall–Kier alpha value is -1.94. The SMILES string of the molecule is Cc1cccc(CS(=O)(=O)NCCOc2ccc(S(=O)(=O)N3CCCC3)cc2)c1. The summed E-state index contributed by atoms with van der Waals surface area (Å²) in [4.78, 5) is 0.241. The summed E-state index contributed by atoms with van der Waals surface area (Å²) in [5, 5.41) is 0. The van der Waals surface area contributed by atoms with Crippen LogP contribution >= 0.6 is 0 Å². The van der Waals surface area contributed by atoms with Crippen molar-refractivity contribution in [1.29, 1.82) is 0 Å². The minimum absolute atomic E-state index is 0.0856. The molecule has 1 fully saturated rings. The molecule has 0 aromatic heterocycles. The Morgan fingerprint density at radius 2 is 1.69 bits per heavy atom. The van der Waals surface area contributed by atoms with E-state index in [1.54, 1.807) is 18.2 Å². The zero-order chi connectivity index (χ0) is 20.9. The minimum atomic E-state index is -3.46. The molecule has 0 aliphatic carbocycles. The van der Waals surface area contributed by atoms with Crippen LogP contribution in [-0.4, -0.2) is 47.4 Å². The van der Waals surface area contributed by atoms with Gasteiger partial charge in [0.2, 0.25) is 20.0 Å². The molecule has 29 heavy (non-hydrogen) atoms. The van der Waals surface area contributed by atoms with Crippen LogP contribution in [0.3, 0.4) is 0 Å². The summed E-state index contributed by atoms with van der Waals surface area (Å²) >= 11 is 0. The molecule has 2 aromatic rings. The molecule has 0 radical (unpaired) electrons. The van der Waals surface area contributed by atoms with E-state index in [4.69, 9.17) is 4.74 Å². The van der Waals surface area contributed by atoms with Crippen LogP contribution in [0.25, 0.3) is 0 Å². The summed E-state index contributed by atoms with van der Waals surface area (Å²) in [5.74, 6) is 0.404. The Kier molecular flexibility index (Phi) is 6.94. The van der Waals surface area contributed by atoms with Crippen molar-refractivity contribution in [3.63, 3.8) is 0 Å². The Balaban J connectivity index is 1.48. The van der Waals surface area contributed by atoms with E-state index in [0.717, 1.165) is 24.0 Å². The molecule has 1 N–H and O–H groups in total. The van der Waals surface area contributed by atoms with Crippen molar-refractivity contribution in [2.75, 3.05) is 26.2 Å². The highest BCUT2D eigenvalue weighted by Crippen LogP contribution is 2.22. The molecule has 0 amide bonds. The van der Waals surface area contributed by atoms with Gasteiger partial charge in [-0.05, 0) is 49.6 Å². The monoisotopic (exact) mass is 438 g/mol. The molecular weight excluding hydrogens is 412 g/mol. The molecule has 1 aliphatic rings. The van der Waals surface area contributed by atoms with Gasteiger partial charge in [-0.3, -0.25) is 0 Å². The van der Waals surface area contributed by atoms with E-state index >= 15 is 0 Å². The molecule has 1 saturated heterocycles. The summed E-state index contributed by atoms with van der Waals surface area (Å²) in [6.45, 7) is 3.30. The first-order valence-electron chi connectivity index (χ1n) is 9.52. The first-order chi connectivity index (χ1) is 13.8. The van der Waals surface area contributed by atoms with Crippen molar-refractivity contribution in [3.8, 4) is 5.75 Å². The molecule has 0 atom stereocenters. The van der Waals surface area contributed by atoms with Gasteiger partial charge in [-0.25, -0.2) is 21.6 Å². The Bertz CT molecular complexity index is 1030. The zero-order valence-electron chi connectivity index (χ0n) is 16.4. The third kappa shape index (κ3) is 6.02. The highest BCUT2D eigenvalue weighted by atomic mass is 32.2. The predicted octanol–water partition coefficient (Wildman–Crippen LogP) is 2.28. The maximum atomic E-state index is 12.5. The number of sulfonamides is 2. The van der Waals surface area contributed by atoms with E-state index < -0.39 is 20.0 Å². The fraction of sp³-hybridized carbons (Fsp3) is 0.400. The normalized spacial score (nSPS) is 15.5. The van der Waals surface area contributed by atoms with Gasteiger partial charge >= 0.3 is 0 Å². The Morgan fingerprint density at radius 3 is 2.34 bits per heavy atom. The van der Waals surface area contributed by atoms with Crippen LogP contribution in [0, 0.1) is 6.92 Å². The number of nitrogens with one attached hydrogen (secondary N) is 1. The van der Waals surface area contributed by atoms with E-state index in [9.17, 15) is 16.8 Å². The van der Waals surface area contributed by atoms with Crippen molar-refractivity contribution in [2.45, 2.75) is 30.4 Å². The van der Waals surface area contributed by atoms with Crippen molar-refractivity contribution in [3.05, 3.63) is 59.7 Å². The maximum Gasteiger partial charge on any atom is 0.243 e. The topological polar surface area (TPSA) is 92.8 Å². The summed E-state index contributed by atoms with van der Waals surface area (Å²) in [6.07, 6.45) is 1.78. The van der Waals surface area contributed by atoms with Gasteiger partial charge < -0.3 is 4.74 Å². The molecule has 0 spiro atoms. The summed E-state index contributed by atoms with van der Waals surface area (Å²) in [7, 11) is -6.90. The fourth-order valence-electron chi connectivity index (χ4n) is 3.22. The van der Waals surface area contributed by atoms with Gasteiger partial charge in [0, 0.05) is 19.6 Å². The van der Waals surface area contributed by atoms with Gasteiger partial charge in [0.1, 0.15) is 12.4 Å². The largest absolute Gasteiger partial charge is 0.492 e. The first-order valence-corrected chi connectivity index (χ1v) is 12.6. The van der Waals surface area contributed by atoms with Gasteiger partial charge in [-0.2, -0.15) is 4.31 Å². The highest BCUT2D eigenvalue weighted by Gasteiger charge is 2.26. The van der Waals surface area contributed by atoms with Crippen molar-refractivity contribution < 1.29 is 21.6 Å². The number of ether oxygens (including phenoxy) is 1. The average molecular weight is 439 g/mol. The molecule has 7 nitrogen and oxygen atoms in total. The molecule has 0 bridgehead atoms. The third-order valence-electron chi connectivity index (χ3n) is 4.66. The van der Waals surface area contributed by atoms with E-state index in [1.807, 2.05) is 25.1 Å². The van der Waals surface area contributed by atoms with Gasteiger partial charge in [0.15, 0.2) is 0 Å². The predicted molar refractivity (Wildman–Crippen MR) is 112 cm³/mol. The lowest BCUT2D eigenvalue weighted by Crippen LogP contribution is -2.29. The molecule has 9 heteroatoms. The van der Waals surface area contributed by atoms with Crippen LogP contribution in [0.1, 0.15) is 24.0 Å². The van der Waals surface area contributed by atoms with Gasteiger partial charge in [0.25, 0.3) is 0 Å². The smallest absolute Gasteiger partial charge is 0.243 e. The molecule has 0 unspecified atom stereocenters. The molecule has 1 heterocycles. The average Bonchev–Trinajstić information content (AvgIpc) is 3.21. The molecule has 3 rings (SSSR count). The van der Waals surface area contributed by atoms with Crippen LogP contribution in [0.4, 0.5) is 0 Å². The minimum Gasteiger partial charge on any atom is -0.492 e. The maximum absolute atomic E-state index is 12.5. The number of hydrogen-bond acceptors (Lipinski definition) is 5. The molecule has 2 aromatic carbocycles. The first kappa shape index (κ1) is 21.8. The van der Waals surface area contributed by atoms with Gasteiger partial charge in [0.05, 0.1) is 10.6 Å². The summed E-state index contributed by atoms with van der Waals surface area (Å²) in [6, 6.07) is 13.6. The standard InChI is InChI=1S/C20H26N2O5S2/c1-17-5-4-6-18(15-17)16-28(23,24)21-11-14-27-19-7-9-20(10-8-19)29(25,26)22-12-2-3-13-22/h4-10,15,21H,2-3,11-14,16H2,1H3. The Labute approximate surface area is 172 Å². The van der Waals surface area contributed by atoms with E-state index in [2.05, 4.69) is 4.72 Å². The third-order valence-corrected chi connectivity index (χ3v) is 7.93. The van der Waals surface area contributed by atoms with Gasteiger partial charge in [-0.1, -0.05) is 29.8 Å². The molecule has 158 valence electrons. The van der Waals surface area contributed by atoms with Gasteiger partial charge in [-0.15, -0.1) is 0 Å². The summed E-state index contributed by atoms with van der Waals surface area (Å²) in [5.41, 5.74) is 1.74. The van der Waals surface area contributed by atoms with E-state index in [-0.39, 0.29) is 23.8 Å². The number of rotatable bonds is 9. The lowest BCUT2D eigenvalue weighted by atomic mass is 10.2. The van der Waals surface area contributed by atoms with Crippen LogP contribution < -0.4 is 9.46 Å². The second-order valence-electron chi connectivity index (χ2n) is 7.07. The number of hydrogen-bond donors (Lipinski definition) is 1. The van der Waals surface area contributed by atoms with Crippen molar-refractivity contribution in [2.24, 2.45) is 0 Å². The fourth-order valence-corrected chi connectivity index (χ4v) is 5.86. The highest BCUT2D eigenvalue weighted by molar-refractivity contribution is 7.89. The lowest BCUT2D eigenvalue weighted by molar-refractivity contribution is 0.322. The summed E-state index contributed by atoms with van der Waals surface area (Å²) < 4.78 is 58.9. The van der Waals surface area contributed by atoms with E-state index in [1.165, 1.54) is 16.4 Å². The van der Waals surface area contributed by atoms with Crippen LogP contribution in [-0.2, 0) is 25.8 Å². The van der Waals surface area contributed by atoms with Crippen molar-refractivity contribution >= 4 is 20.0 Å². The quantitative estimate of drug-likeness (QED) is 0.607. The van der Waals surface area contributed by atoms with Crippen LogP contribution in [0.15, 0.2) is 53.4 Å². The number of aryl methyl sites for hydroxylation is 1. The lowest BCUT2D eigenvalue weighted by Gasteiger charge is -2.15. The van der Waals surface area contributed by atoms with Crippen LogP contribution in [0.2, 0.25) is 0 Å². The molecule has 0 saturated carbocycles. The van der Waals surface area contributed by atoms with E-state index in [0.29, 0.717) is 18.8 Å².